The molecule has 0 aliphatic carbocycles. The SMILES string of the molecule is CCn1cccc1CNc1cc(C#N)ccc1C. The zero-order valence-corrected chi connectivity index (χ0v) is 10.8. The molecule has 92 valence electrons. The summed E-state index contributed by atoms with van der Waals surface area (Å²) < 4.78 is 2.20. The summed E-state index contributed by atoms with van der Waals surface area (Å²) in [5.74, 6) is 0. The van der Waals surface area contributed by atoms with Crippen molar-refractivity contribution in [3.8, 4) is 6.07 Å². The van der Waals surface area contributed by atoms with Crippen LogP contribution in [0.5, 0.6) is 0 Å². The Hall–Kier alpha value is -2.21. The van der Waals surface area contributed by atoms with E-state index >= 15 is 0 Å². The number of benzene rings is 1. The quantitative estimate of drug-likeness (QED) is 0.889. The van der Waals surface area contributed by atoms with Gasteiger partial charge < -0.3 is 9.88 Å². The molecule has 2 aromatic rings. The minimum atomic E-state index is 0.689. The number of hydrogen-bond acceptors (Lipinski definition) is 2. The molecule has 2 rings (SSSR count). The van der Waals surface area contributed by atoms with E-state index in [0.29, 0.717) is 5.56 Å². The predicted molar refractivity (Wildman–Crippen MR) is 73.3 cm³/mol. The molecule has 0 saturated carbocycles. The van der Waals surface area contributed by atoms with E-state index in [1.54, 1.807) is 0 Å². The van der Waals surface area contributed by atoms with Crippen LogP contribution in [0.15, 0.2) is 36.5 Å². The molecule has 0 saturated heterocycles. The van der Waals surface area contributed by atoms with E-state index in [9.17, 15) is 0 Å². The van der Waals surface area contributed by atoms with Crippen LogP contribution in [0.2, 0.25) is 0 Å². The molecule has 0 amide bonds. The molecule has 0 spiro atoms. The van der Waals surface area contributed by atoms with Gasteiger partial charge in [-0.05, 0) is 43.7 Å². The molecule has 0 bridgehead atoms. The normalized spacial score (nSPS) is 10.1. The van der Waals surface area contributed by atoms with Gasteiger partial charge in [0.15, 0.2) is 0 Å². The van der Waals surface area contributed by atoms with Crippen molar-refractivity contribution in [2.75, 3.05) is 5.32 Å². The maximum atomic E-state index is 8.91. The lowest BCUT2D eigenvalue weighted by atomic mass is 10.1. The average Bonchev–Trinajstić information content (AvgIpc) is 2.85. The summed E-state index contributed by atoms with van der Waals surface area (Å²) in [6.45, 7) is 5.92. The number of rotatable bonds is 4. The fraction of sp³-hybridized carbons (Fsp3) is 0.267. The van der Waals surface area contributed by atoms with Crippen LogP contribution in [-0.2, 0) is 13.1 Å². The lowest BCUT2D eigenvalue weighted by Crippen LogP contribution is -2.06. The van der Waals surface area contributed by atoms with Crippen molar-refractivity contribution in [3.63, 3.8) is 0 Å². The first-order chi connectivity index (χ1) is 8.74. The largest absolute Gasteiger partial charge is 0.379 e. The van der Waals surface area contributed by atoms with Crippen LogP contribution in [0.1, 0.15) is 23.7 Å². The first-order valence-electron chi connectivity index (χ1n) is 6.13. The van der Waals surface area contributed by atoms with E-state index in [1.807, 2.05) is 25.1 Å². The van der Waals surface area contributed by atoms with Gasteiger partial charge in [0.1, 0.15) is 0 Å². The maximum Gasteiger partial charge on any atom is 0.0992 e. The van der Waals surface area contributed by atoms with Gasteiger partial charge in [-0.15, -0.1) is 0 Å². The van der Waals surface area contributed by atoms with Crippen molar-refractivity contribution in [1.29, 1.82) is 5.26 Å². The first kappa shape index (κ1) is 12.3. The van der Waals surface area contributed by atoms with Crippen LogP contribution in [0, 0.1) is 18.3 Å². The van der Waals surface area contributed by atoms with Crippen LogP contribution < -0.4 is 5.32 Å². The number of aromatic nitrogens is 1. The summed E-state index contributed by atoms with van der Waals surface area (Å²) in [4.78, 5) is 0. The van der Waals surface area contributed by atoms with Crippen molar-refractivity contribution >= 4 is 5.69 Å². The lowest BCUT2D eigenvalue weighted by molar-refractivity contribution is 0.724. The third-order valence-electron chi connectivity index (χ3n) is 3.09. The minimum absolute atomic E-state index is 0.689. The highest BCUT2D eigenvalue weighted by molar-refractivity contribution is 5.55. The third kappa shape index (κ3) is 2.54. The highest BCUT2D eigenvalue weighted by atomic mass is 15.0. The Labute approximate surface area is 108 Å². The Bertz CT molecular complexity index is 576. The Balaban J connectivity index is 2.13. The molecule has 3 nitrogen and oxygen atoms in total. The molecule has 0 aliphatic rings. The van der Waals surface area contributed by atoms with Gasteiger partial charge in [-0.25, -0.2) is 0 Å². The molecule has 1 aromatic heterocycles. The monoisotopic (exact) mass is 239 g/mol. The second kappa shape index (κ2) is 5.42. The van der Waals surface area contributed by atoms with Gasteiger partial charge in [0.05, 0.1) is 18.2 Å². The zero-order valence-electron chi connectivity index (χ0n) is 10.8. The van der Waals surface area contributed by atoms with E-state index in [2.05, 4.69) is 41.2 Å². The Kier molecular flexibility index (Phi) is 3.69. The Morgan fingerprint density at radius 1 is 1.33 bits per heavy atom. The van der Waals surface area contributed by atoms with Gasteiger partial charge in [-0.1, -0.05) is 6.07 Å². The number of nitrogens with one attached hydrogen (secondary N) is 1. The molecule has 1 aromatic carbocycles. The summed E-state index contributed by atoms with van der Waals surface area (Å²) in [7, 11) is 0. The van der Waals surface area contributed by atoms with Gasteiger partial charge in [-0.3, -0.25) is 0 Å². The highest BCUT2D eigenvalue weighted by Gasteiger charge is 2.02. The molecular weight excluding hydrogens is 222 g/mol. The number of aryl methyl sites for hydroxylation is 2. The third-order valence-corrected chi connectivity index (χ3v) is 3.09. The van der Waals surface area contributed by atoms with Crippen LogP contribution >= 0.6 is 0 Å². The van der Waals surface area contributed by atoms with Gasteiger partial charge in [0, 0.05) is 24.1 Å². The van der Waals surface area contributed by atoms with Crippen molar-refractivity contribution in [3.05, 3.63) is 53.3 Å². The summed E-state index contributed by atoms with van der Waals surface area (Å²) in [5.41, 5.74) is 4.12. The fourth-order valence-corrected chi connectivity index (χ4v) is 1.99. The molecule has 0 aliphatic heterocycles. The fourth-order valence-electron chi connectivity index (χ4n) is 1.99. The topological polar surface area (TPSA) is 40.8 Å². The van der Waals surface area contributed by atoms with Crippen molar-refractivity contribution in [2.45, 2.75) is 26.9 Å². The van der Waals surface area contributed by atoms with Crippen LogP contribution in [0.3, 0.4) is 0 Å². The number of nitriles is 1. The molecule has 0 unspecified atom stereocenters. The predicted octanol–water partition coefficient (Wildman–Crippen LogP) is 3.30. The van der Waals surface area contributed by atoms with E-state index in [-0.39, 0.29) is 0 Å². The number of nitrogens with zero attached hydrogens (tertiary/aromatic N) is 2. The van der Waals surface area contributed by atoms with E-state index in [1.165, 1.54) is 5.69 Å². The second-order valence-corrected chi connectivity index (χ2v) is 4.28. The maximum absolute atomic E-state index is 8.91. The molecule has 1 heterocycles. The van der Waals surface area contributed by atoms with Crippen molar-refractivity contribution < 1.29 is 0 Å². The summed E-state index contributed by atoms with van der Waals surface area (Å²) >= 11 is 0. The molecule has 18 heavy (non-hydrogen) atoms. The van der Waals surface area contributed by atoms with E-state index in [4.69, 9.17) is 5.26 Å². The van der Waals surface area contributed by atoms with Crippen LogP contribution in [-0.4, -0.2) is 4.57 Å². The molecule has 3 heteroatoms. The van der Waals surface area contributed by atoms with Crippen LogP contribution in [0.4, 0.5) is 5.69 Å². The van der Waals surface area contributed by atoms with Gasteiger partial charge in [-0.2, -0.15) is 5.26 Å². The van der Waals surface area contributed by atoms with Crippen LogP contribution in [0.25, 0.3) is 0 Å². The summed E-state index contributed by atoms with van der Waals surface area (Å²) in [6.07, 6.45) is 2.08. The second-order valence-electron chi connectivity index (χ2n) is 4.28. The van der Waals surface area contributed by atoms with E-state index in [0.717, 1.165) is 24.3 Å². The van der Waals surface area contributed by atoms with E-state index < -0.39 is 0 Å². The highest BCUT2D eigenvalue weighted by Crippen LogP contribution is 2.17. The van der Waals surface area contributed by atoms with Gasteiger partial charge in [0.25, 0.3) is 0 Å². The number of anilines is 1. The first-order valence-corrected chi connectivity index (χ1v) is 6.13. The Morgan fingerprint density at radius 3 is 2.89 bits per heavy atom. The molecule has 0 atom stereocenters. The van der Waals surface area contributed by atoms with Crippen molar-refractivity contribution in [1.82, 2.24) is 4.57 Å². The Morgan fingerprint density at radius 2 is 2.17 bits per heavy atom. The number of hydrogen-bond donors (Lipinski definition) is 1. The average molecular weight is 239 g/mol. The summed E-state index contributed by atoms with van der Waals surface area (Å²) in [6, 6.07) is 12.0. The minimum Gasteiger partial charge on any atom is -0.379 e. The van der Waals surface area contributed by atoms with Gasteiger partial charge >= 0.3 is 0 Å². The molecule has 0 radical (unpaired) electrons. The van der Waals surface area contributed by atoms with Crippen molar-refractivity contribution in [2.24, 2.45) is 0 Å². The van der Waals surface area contributed by atoms with Gasteiger partial charge in [0.2, 0.25) is 0 Å². The smallest absolute Gasteiger partial charge is 0.0992 e. The molecule has 1 N–H and O–H groups in total. The molecular formula is C15H17N3. The lowest BCUT2D eigenvalue weighted by Gasteiger charge is -2.11. The zero-order chi connectivity index (χ0) is 13.0. The standard InChI is InChI=1S/C15H17N3/c1-3-18-8-4-5-14(18)11-17-15-9-13(10-16)7-6-12(15)2/h4-9,17H,3,11H2,1-2H3. The summed E-state index contributed by atoms with van der Waals surface area (Å²) in [5, 5.41) is 12.3. The molecule has 0 fully saturated rings.